The highest BCUT2D eigenvalue weighted by Crippen LogP contribution is 2.27. The van der Waals surface area contributed by atoms with E-state index in [2.05, 4.69) is 0 Å². The van der Waals surface area contributed by atoms with E-state index >= 15 is 0 Å². The molecule has 1 fully saturated rings. The number of carboxylic acids is 1. The van der Waals surface area contributed by atoms with E-state index in [1.165, 1.54) is 4.68 Å². The Labute approximate surface area is 206 Å². The van der Waals surface area contributed by atoms with Crippen LogP contribution in [0, 0.1) is 5.41 Å². The molecule has 1 saturated heterocycles. The van der Waals surface area contributed by atoms with Crippen LogP contribution in [0.2, 0.25) is 0 Å². The van der Waals surface area contributed by atoms with Crippen molar-refractivity contribution >= 4 is 22.6 Å². The molecule has 5 rings (SSSR count). The molecule has 1 unspecified atom stereocenters. The van der Waals surface area contributed by atoms with Gasteiger partial charge in [0.25, 0.3) is 0 Å². The van der Waals surface area contributed by atoms with Gasteiger partial charge in [-0.05, 0) is 46.5 Å². The van der Waals surface area contributed by atoms with Crippen molar-refractivity contribution in [1.29, 1.82) is 5.41 Å². The number of hydrogen-bond acceptors (Lipinski definition) is 6. The van der Waals surface area contributed by atoms with Crippen molar-refractivity contribution in [2.75, 3.05) is 18.1 Å². The quantitative estimate of drug-likeness (QED) is 0.197. The van der Waals surface area contributed by atoms with Gasteiger partial charge in [0, 0.05) is 31.5 Å². The maximum Gasteiger partial charge on any atom is 0.340 e. The zero-order chi connectivity index (χ0) is 25.4. The van der Waals surface area contributed by atoms with E-state index < -0.39 is 23.0 Å². The third kappa shape index (κ3) is 4.72. The molecule has 0 spiro atoms. The Hall–Kier alpha value is -4.40. The summed E-state index contributed by atoms with van der Waals surface area (Å²) in [6.07, 6.45) is 1.65. The monoisotopic (exact) mass is 486 g/mol. The summed E-state index contributed by atoms with van der Waals surface area (Å²) < 4.78 is 7.24. The van der Waals surface area contributed by atoms with Gasteiger partial charge in [-0.2, -0.15) is 4.68 Å². The highest BCUT2D eigenvalue weighted by atomic mass is 16.5. The van der Waals surface area contributed by atoms with Crippen LogP contribution in [0.15, 0.2) is 70.3 Å². The number of aromatic nitrogens is 1. The van der Waals surface area contributed by atoms with E-state index in [4.69, 9.17) is 15.9 Å². The predicted molar refractivity (Wildman–Crippen MR) is 136 cm³/mol. The fourth-order valence-corrected chi connectivity index (χ4v) is 4.69. The van der Waals surface area contributed by atoms with Gasteiger partial charge in [-0.25, -0.2) is 0 Å². The van der Waals surface area contributed by atoms with Crippen molar-refractivity contribution in [3.63, 3.8) is 0 Å². The molecule has 4 aromatic rings. The van der Waals surface area contributed by atoms with Gasteiger partial charge >= 0.3 is 17.1 Å². The van der Waals surface area contributed by atoms with E-state index in [9.17, 15) is 19.5 Å². The summed E-state index contributed by atoms with van der Waals surface area (Å²) in [5, 5.41) is 21.2. The van der Waals surface area contributed by atoms with Crippen LogP contribution in [0.5, 0.6) is 5.75 Å². The lowest BCUT2D eigenvalue weighted by Crippen LogP contribution is -2.44. The minimum atomic E-state index is -0.909. The highest BCUT2D eigenvalue weighted by molar-refractivity contribution is 5.99. The number of hydrogen-bond donors (Lipinski definition) is 3. The number of fused-ring (bicyclic) bond motifs is 1. The highest BCUT2D eigenvalue weighted by Gasteiger charge is 2.28. The number of nitrogens with two attached hydrogens (primary N) is 1. The second-order valence-electron chi connectivity index (χ2n) is 9.17. The van der Waals surface area contributed by atoms with Crippen molar-refractivity contribution in [3.05, 3.63) is 98.1 Å². The van der Waals surface area contributed by atoms with Gasteiger partial charge < -0.3 is 20.6 Å². The molecule has 1 aliphatic rings. The summed E-state index contributed by atoms with van der Waals surface area (Å²) in [4.78, 5) is 34.7. The lowest BCUT2D eigenvalue weighted by atomic mass is 9.91. The first kappa shape index (κ1) is 23.3. The van der Waals surface area contributed by atoms with Crippen LogP contribution < -0.4 is 26.6 Å². The van der Waals surface area contributed by atoms with Gasteiger partial charge in [0.2, 0.25) is 0 Å². The number of nitrogen functional groups attached to an aromatic ring is 1. The van der Waals surface area contributed by atoms with E-state index in [1.807, 2.05) is 30.3 Å². The Morgan fingerprint density at radius 3 is 2.28 bits per heavy atom. The summed E-state index contributed by atoms with van der Waals surface area (Å²) >= 11 is 0. The zero-order valence-corrected chi connectivity index (χ0v) is 19.5. The number of piperidine rings is 1. The van der Waals surface area contributed by atoms with Gasteiger partial charge in [-0.3, -0.25) is 19.8 Å². The average molecular weight is 487 g/mol. The Morgan fingerprint density at radius 1 is 1.00 bits per heavy atom. The van der Waals surface area contributed by atoms with Gasteiger partial charge in [0.05, 0.1) is 5.92 Å². The molecule has 0 aliphatic carbocycles. The van der Waals surface area contributed by atoms with Gasteiger partial charge in [-0.1, -0.05) is 42.5 Å². The zero-order valence-electron chi connectivity index (χ0n) is 19.5. The van der Waals surface area contributed by atoms with Crippen LogP contribution in [0.25, 0.3) is 10.8 Å². The molecule has 1 aromatic heterocycles. The Kier molecular flexibility index (Phi) is 6.05. The average Bonchev–Trinajstić information content (AvgIpc) is 3.48. The normalized spacial score (nSPS) is 15.3. The Balaban J connectivity index is 1.25. The van der Waals surface area contributed by atoms with E-state index in [0.29, 0.717) is 49.2 Å². The first-order chi connectivity index (χ1) is 17.3. The molecule has 0 bridgehead atoms. The summed E-state index contributed by atoms with van der Waals surface area (Å²) in [5.74, 6) is -0.988. The van der Waals surface area contributed by atoms with E-state index in [-0.39, 0.29) is 11.9 Å². The van der Waals surface area contributed by atoms with Gasteiger partial charge in [0.1, 0.15) is 17.7 Å². The minimum absolute atomic E-state index is 0.00975. The summed E-state index contributed by atoms with van der Waals surface area (Å²) in [6.45, 7) is 1.14. The van der Waals surface area contributed by atoms with Crippen LogP contribution in [0.1, 0.15) is 35.4 Å². The van der Waals surface area contributed by atoms with Crippen LogP contribution in [-0.2, 0) is 11.2 Å². The van der Waals surface area contributed by atoms with Crippen molar-refractivity contribution < 1.29 is 14.6 Å². The molecule has 184 valence electrons. The number of nitrogens with one attached hydrogen (secondary N) is 1. The van der Waals surface area contributed by atoms with Crippen molar-refractivity contribution in [2.24, 2.45) is 5.73 Å². The molecule has 9 heteroatoms. The molecule has 0 amide bonds. The van der Waals surface area contributed by atoms with Crippen LogP contribution in [0.3, 0.4) is 0 Å². The lowest BCUT2D eigenvalue weighted by molar-refractivity contribution is -0.138. The molecule has 3 aromatic carbocycles. The topological polar surface area (TPSA) is 139 Å². The van der Waals surface area contributed by atoms with Crippen LogP contribution in [-0.4, -0.2) is 40.8 Å². The summed E-state index contributed by atoms with van der Waals surface area (Å²) in [7, 11) is 0. The molecule has 0 saturated carbocycles. The molecule has 1 atom stereocenters. The summed E-state index contributed by atoms with van der Waals surface area (Å²) in [6, 6.07) is 18.5. The molecule has 1 aliphatic heterocycles. The molecule has 9 nitrogen and oxygen atoms in total. The largest absolute Gasteiger partial charge is 0.490 e. The smallest absolute Gasteiger partial charge is 0.340 e. The molecule has 4 N–H and O–H groups in total. The fourth-order valence-electron chi connectivity index (χ4n) is 4.69. The SMILES string of the molecule is N=C(N)c1ccc2ccc(CC(C(=O)O)c3ccc(OC4CCN(n5c(=O)c5=O)CC4)cc3)cc2c1. The van der Waals surface area contributed by atoms with Gasteiger partial charge in [0.15, 0.2) is 0 Å². The second kappa shape index (κ2) is 9.33. The van der Waals surface area contributed by atoms with Crippen molar-refractivity contribution in [3.8, 4) is 5.75 Å². The first-order valence-electron chi connectivity index (χ1n) is 11.8. The van der Waals surface area contributed by atoms with Crippen molar-refractivity contribution in [1.82, 2.24) is 4.68 Å². The molecule has 0 radical (unpaired) electrons. The number of rotatable bonds is 8. The number of carbonyl (C=O) groups is 1. The number of benzene rings is 3. The molecule has 2 heterocycles. The summed E-state index contributed by atoms with van der Waals surface area (Å²) in [5.41, 5.74) is 6.89. The first-order valence-corrected chi connectivity index (χ1v) is 11.8. The third-order valence-electron chi connectivity index (χ3n) is 6.76. The Bertz CT molecular complexity index is 1480. The number of amidine groups is 1. The number of nitrogens with zero attached hydrogens (tertiary/aromatic N) is 2. The molecular weight excluding hydrogens is 460 g/mol. The van der Waals surface area contributed by atoms with E-state index in [0.717, 1.165) is 16.3 Å². The maximum absolute atomic E-state index is 12.1. The third-order valence-corrected chi connectivity index (χ3v) is 6.76. The van der Waals surface area contributed by atoms with Crippen molar-refractivity contribution in [2.45, 2.75) is 31.3 Å². The number of ether oxygens (including phenoxy) is 1. The predicted octanol–water partition coefficient (Wildman–Crippen LogP) is 2.11. The second-order valence-corrected chi connectivity index (χ2v) is 9.17. The maximum atomic E-state index is 12.1. The minimum Gasteiger partial charge on any atom is -0.490 e. The van der Waals surface area contributed by atoms with Gasteiger partial charge in [-0.15, -0.1) is 0 Å². The lowest BCUT2D eigenvalue weighted by Gasteiger charge is -2.31. The Morgan fingerprint density at radius 2 is 1.67 bits per heavy atom. The van der Waals surface area contributed by atoms with Crippen LogP contribution in [0.4, 0.5) is 0 Å². The van der Waals surface area contributed by atoms with E-state index in [1.54, 1.807) is 35.3 Å². The fraction of sp³-hybridized carbons (Fsp3) is 0.259. The van der Waals surface area contributed by atoms with Crippen LogP contribution >= 0.6 is 0 Å². The molecular formula is C27H26N4O5. The standard InChI is InChI=1S/C27H26N4O5/c28-24(29)19-4-3-17-2-1-16(13-20(17)15-19)14-23(27(34)35)18-5-7-21(8-6-18)36-22-9-11-30(12-10-22)31-25(32)26(31)33/h1-8,13,15,22-23H,9-12,14H2,(H3,28,29)(H,34,35). The number of carboxylic acid groups (broad SMARTS) is 1. The number of aliphatic carboxylic acids is 1. The molecule has 36 heavy (non-hydrogen) atoms.